The van der Waals surface area contributed by atoms with Gasteiger partial charge in [0, 0.05) is 7.11 Å². The van der Waals surface area contributed by atoms with E-state index in [9.17, 15) is 0 Å². The molecule has 0 aromatic carbocycles. The lowest BCUT2D eigenvalue weighted by molar-refractivity contribution is -0.0598. The van der Waals surface area contributed by atoms with E-state index in [1.807, 2.05) is 6.92 Å². The molecule has 1 saturated carbocycles. The highest BCUT2D eigenvalue weighted by molar-refractivity contribution is 5.19. The summed E-state index contributed by atoms with van der Waals surface area (Å²) >= 11 is 0. The Morgan fingerprint density at radius 3 is 2.41 bits per heavy atom. The molecule has 0 unspecified atom stereocenters. The van der Waals surface area contributed by atoms with Crippen LogP contribution >= 0.6 is 0 Å². The van der Waals surface area contributed by atoms with Gasteiger partial charge in [-0.2, -0.15) is 9.97 Å². The predicted octanol–water partition coefficient (Wildman–Crippen LogP) is 1.81. The fraction of sp³-hybridized carbons (Fsp3) is 0.750. The molecular weight excluding hydrogens is 216 g/mol. The van der Waals surface area contributed by atoms with Gasteiger partial charge in [0.05, 0.1) is 0 Å². The Kier molecular flexibility index (Phi) is 3.28. The van der Waals surface area contributed by atoms with Crippen molar-refractivity contribution in [3.8, 4) is 0 Å². The number of aryl methyl sites for hydroxylation is 1. The second-order valence-electron chi connectivity index (χ2n) is 4.95. The third kappa shape index (κ3) is 2.39. The molecular formula is C12H20N4O. The van der Waals surface area contributed by atoms with Crippen LogP contribution in [0.15, 0.2) is 0 Å². The monoisotopic (exact) mass is 236 g/mol. The van der Waals surface area contributed by atoms with Crippen LogP contribution in [0.4, 0.5) is 5.95 Å². The van der Waals surface area contributed by atoms with E-state index in [0.717, 1.165) is 31.6 Å². The van der Waals surface area contributed by atoms with Crippen molar-refractivity contribution in [2.45, 2.75) is 45.1 Å². The van der Waals surface area contributed by atoms with E-state index in [4.69, 9.17) is 10.5 Å². The third-order valence-electron chi connectivity index (χ3n) is 3.64. The molecule has 5 nitrogen and oxygen atoms in total. The van der Waals surface area contributed by atoms with Crippen molar-refractivity contribution in [1.82, 2.24) is 15.0 Å². The number of aromatic nitrogens is 3. The first-order valence-corrected chi connectivity index (χ1v) is 6.09. The standard InChI is InChI=1S/C12H20N4O/c1-8-4-6-12(17-3,7-5-8)10-14-9(2)15-11(13)16-10/h8H,4-7H2,1-3H3,(H2,13,14,15,16). The van der Waals surface area contributed by atoms with Crippen molar-refractivity contribution in [3.05, 3.63) is 11.6 Å². The Balaban J connectivity index is 2.34. The molecule has 0 atom stereocenters. The van der Waals surface area contributed by atoms with E-state index in [1.54, 1.807) is 7.11 Å². The Bertz CT molecular complexity index is 379. The summed E-state index contributed by atoms with van der Waals surface area (Å²) in [5.41, 5.74) is 5.32. The predicted molar refractivity (Wildman–Crippen MR) is 65.3 cm³/mol. The first-order valence-electron chi connectivity index (χ1n) is 6.09. The van der Waals surface area contributed by atoms with Crippen molar-refractivity contribution < 1.29 is 4.74 Å². The van der Waals surface area contributed by atoms with Gasteiger partial charge in [-0.15, -0.1) is 0 Å². The molecule has 1 aromatic heterocycles. The molecule has 1 heterocycles. The van der Waals surface area contributed by atoms with Crippen LogP contribution < -0.4 is 5.73 Å². The number of methoxy groups -OCH3 is 1. The average molecular weight is 236 g/mol. The summed E-state index contributed by atoms with van der Waals surface area (Å²) in [5, 5.41) is 0. The summed E-state index contributed by atoms with van der Waals surface area (Å²) in [6, 6.07) is 0. The van der Waals surface area contributed by atoms with E-state index in [2.05, 4.69) is 21.9 Å². The molecule has 0 radical (unpaired) electrons. The fourth-order valence-corrected chi connectivity index (χ4v) is 2.45. The van der Waals surface area contributed by atoms with Crippen molar-refractivity contribution in [2.75, 3.05) is 12.8 Å². The summed E-state index contributed by atoms with van der Waals surface area (Å²) in [5.74, 6) is 2.38. The van der Waals surface area contributed by atoms with Gasteiger partial charge < -0.3 is 10.5 Å². The van der Waals surface area contributed by atoms with E-state index in [1.165, 1.54) is 0 Å². The second kappa shape index (κ2) is 4.56. The molecule has 5 heteroatoms. The Hall–Kier alpha value is -1.23. The topological polar surface area (TPSA) is 73.9 Å². The number of nitrogens with zero attached hydrogens (tertiary/aromatic N) is 3. The molecule has 0 amide bonds. The normalized spacial score (nSPS) is 29.2. The lowest BCUT2D eigenvalue weighted by Gasteiger charge is -2.36. The highest BCUT2D eigenvalue weighted by atomic mass is 16.5. The number of nitrogens with two attached hydrogens (primary N) is 1. The second-order valence-corrected chi connectivity index (χ2v) is 4.95. The average Bonchev–Trinajstić information content (AvgIpc) is 2.29. The van der Waals surface area contributed by atoms with E-state index in [0.29, 0.717) is 11.6 Å². The maximum Gasteiger partial charge on any atom is 0.223 e. The van der Waals surface area contributed by atoms with Crippen molar-refractivity contribution in [1.29, 1.82) is 0 Å². The minimum Gasteiger partial charge on any atom is -0.370 e. The molecule has 0 saturated heterocycles. The molecule has 0 spiro atoms. The zero-order valence-corrected chi connectivity index (χ0v) is 10.7. The largest absolute Gasteiger partial charge is 0.370 e. The molecule has 2 N–H and O–H groups in total. The molecule has 17 heavy (non-hydrogen) atoms. The number of nitrogen functional groups attached to an aromatic ring is 1. The summed E-state index contributed by atoms with van der Waals surface area (Å²) in [6.45, 7) is 4.10. The number of anilines is 1. The summed E-state index contributed by atoms with van der Waals surface area (Å²) in [7, 11) is 1.73. The van der Waals surface area contributed by atoms with Crippen LogP contribution in [0.3, 0.4) is 0 Å². The zero-order valence-electron chi connectivity index (χ0n) is 10.7. The lowest BCUT2D eigenvalue weighted by Crippen LogP contribution is -2.35. The van der Waals surface area contributed by atoms with E-state index >= 15 is 0 Å². The molecule has 1 aliphatic rings. The smallest absolute Gasteiger partial charge is 0.223 e. The molecule has 0 bridgehead atoms. The van der Waals surface area contributed by atoms with Crippen molar-refractivity contribution in [2.24, 2.45) is 5.92 Å². The first-order chi connectivity index (χ1) is 8.05. The van der Waals surface area contributed by atoms with Crippen LogP contribution in [0, 0.1) is 12.8 Å². The van der Waals surface area contributed by atoms with Crippen LogP contribution in [0.1, 0.15) is 44.3 Å². The Morgan fingerprint density at radius 1 is 1.24 bits per heavy atom. The van der Waals surface area contributed by atoms with Gasteiger partial charge in [-0.25, -0.2) is 4.98 Å². The summed E-state index contributed by atoms with van der Waals surface area (Å²) in [6.07, 6.45) is 4.18. The van der Waals surface area contributed by atoms with Crippen LogP contribution in [0.5, 0.6) is 0 Å². The van der Waals surface area contributed by atoms with Gasteiger partial charge in [0.25, 0.3) is 0 Å². The van der Waals surface area contributed by atoms with Crippen molar-refractivity contribution in [3.63, 3.8) is 0 Å². The lowest BCUT2D eigenvalue weighted by atomic mass is 9.79. The highest BCUT2D eigenvalue weighted by Gasteiger charge is 2.39. The Morgan fingerprint density at radius 2 is 1.88 bits per heavy atom. The fourth-order valence-electron chi connectivity index (χ4n) is 2.45. The number of ether oxygens (including phenoxy) is 1. The van der Waals surface area contributed by atoms with Gasteiger partial charge in [0.1, 0.15) is 11.4 Å². The molecule has 94 valence electrons. The minimum atomic E-state index is -0.367. The maximum absolute atomic E-state index is 5.71. The molecule has 1 aromatic rings. The van der Waals surface area contributed by atoms with Gasteiger partial charge in [-0.1, -0.05) is 6.92 Å². The first kappa shape index (κ1) is 12.2. The summed E-state index contributed by atoms with van der Waals surface area (Å²) < 4.78 is 5.71. The van der Waals surface area contributed by atoms with E-state index in [-0.39, 0.29) is 11.5 Å². The van der Waals surface area contributed by atoms with Gasteiger partial charge in [-0.3, -0.25) is 0 Å². The van der Waals surface area contributed by atoms with Gasteiger partial charge in [-0.05, 0) is 38.5 Å². The molecule has 1 aliphatic carbocycles. The SMILES string of the molecule is COC1(c2nc(C)nc(N)n2)CCC(C)CC1. The molecule has 2 rings (SSSR count). The Labute approximate surface area is 102 Å². The number of hydrogen-bond acceptors (Lipinski definition) is 5. The van der Waals surface area contributed by atoms with Crippen LogP contribution in [-0.4, -0.2) is 22.1 Å². The minimum absolute atomic E-state index is 0.280. The zero-order chi connectivity index (χ0) is 12.5. The van der Waals surface area contributed by atoms with Gasteiger partial charge in [0.2, 0.25) is 5.95 Å². The van der Waals surface area contributed by atoms with Crippen LogP contribution in [-0.2, 0) is 10.3 Å². The van der Waals surface area contributed by atoms with Gasteiger partial charge >= 0.3 is 0 Å². The highest BCUT2D eigenvalue weighted by Crippen LogP contribution is 2.40. The summed E-state index contributed by atoms with van der Waals surface area (Å²) in [4.78, 5) is 12.7. The van der Waals surface area contributed by atoms with Crippen LogP contribution in [0.2, 0.25) is 0 Å². The van der Waals surface area contributed by atoms with E-state index < -0.39 is 0 Å². The molecule has 0 aliphatic heterocycles. The maximum atomic E-state index is 5.71. The third-order valence-corrected chi connectivity index (χ3v) is 3.64. The molecule has 1 fully saturated rings. The quantitative estimate of drug-likeness (QED) is 0.847. The van der Waals surface area contributed by atoms with Crippen molar-refractivity contribution >= 4 is 5.95 Å². The van der Waals surface area contributed by atoms with Crippen LogP contribution in [0.25, 0.3) is 0 Å². The number of rotatable bonds is 2. The number of hydrogen-bond donors (Lipinski definition) is 1. The van der Waals surface area contributed by atoms with Gasteiger partial charge in [0.15, 0.2) is 5.82 Å².